The zero-order chi connectivity index (χ0) is 10.6. The maximum Gasteiger partial charge on any atom is 0.233 e. The Labute approximate surface area is 96.0 Å². The third kappa shape index (κ3) is 3.08. The van der Waals surface area contributed by atoms with Gasteiger partial charge < -0.3 is 10.6 Å². The summed E-state index contributed by atoms with van der Waals surface area (Å²) in [5, 5.41) is 7.74. The predicted molar refractivity (Wildman–Crippen MR) is 62.5 cm³/mol. The second-order valence-electron chi connectivity index (χ2n) is 2.91. The lowest BCUT2D eigenvalue weighted by atomic mass is 10.3. The molecule has 1 amide bonds. The van der Waals surface area contributed by atoms with Gasteiger partial charge in [-0.25, -0.2) is 0 Å². The Kier molecular flexibility index (Phi) is 4.57. The first-order chi connectivity index (χ1) is 6.65. The first-order valence-corrected chi connectivity index (χ1v) is 5.99. The van der Waals surface area contributed by atoms with E-state index >= 15 is 0 Å². The molecule has 1 unspecified atom stereocenters. The average Bonchev–Trinajstić information content (AvgIpc) is 2.60. The first kappa shape index (κ1) is 11.7. The van der Waals surface area contributed by atoms with Crippen LogP contribution in [0.15, 0.2) is 15.9 Å². The van der Waals surface area contributed by atoms with Gasteiger partial charge in [0.05, 0.1) is 6.54 Å². The number of halogens is 1. The summed E-state index contributed by atoms with van der Waals surface area (Å²) in [6.07, 6.45) is 0. The number of likely N-dealkylation sites (N-methyl/N-ethyl adjacent to an activating group) is 1. The molecular formula is C9H13BrN2OS. The number of amides is 1. The fraction of sp³-hybridized carbons (Fsp3) is 0.444. The van der Waals surface area contributed by atoms with Crippen LogP contribution in [-0.2, 0) is 4.79 Å². The molecule has 1 aromatic heterocycles. The number of nitrogens with one attached hydrogen (secondary N) is 2. The van der Waals surface area contributed by atoms with Crippen molar-refractivity contribution in [3.05, 3.63) is 20.8 Å². The van der Waals surface area contributed by atoms with E-state index in [0.717, 1.165) is 4.47 Å². The molecule has 1 atom stereocenters. The van der Waals surface area contributed by atoms with Crippen LogP contribution in [0.3, 0.4) is 0 Å². The second kappa shape index (κ2) is 5.48. The number of carbonyl (C=O) groups excluding carboxylic acids is 1. The minimum atomic E-state index is 0.00419. The van der Waals surface area contributed by atoms with Crippen LogP contribution in [0.5, 0.6) is 0 Å². The molecule has 2 N–H and O–H groups in total. The molecule has 0 aliphatic carbocycles. The van der Waals surface area contributed by atoms with E-state index in [1.165, 1.54) is 4.88 Å². The molecule has 0 aliphatic rings. The fourth-order valence-electron chi connectivity index (χ4n) is 1.04. The van der Waals surface area contributed by atoms with Gasteiger partial charge in [-0.15, -0.1) is 11.3 Å². The van der Waals surface area contributed by atoms with E-state index in [0.29, 0.717) is 6.54 Å². The lowest BCUT2D eigenvalue weighted by Gasteiger charge is -2.11. The summed E-state index contributed by atoms with van der Waals surface area (Å²) in [5.74, 6) is 0.00419. The van der Waals surface area contributed by atoms with E-state index < -0.39 is 0 Å². The summed E-state index contributed by atoms with van der Waals surface area (Å²) in [7, 11) is 1.63. The number of hydrogen-bond donors (Lipinski definition) is 2. The van der Waals surface area contributed by atoms with Crippen LogP contribution in [0.2, 0.25) is 0 Å². The molecule has 0 aromatic carbocycles. The van der Waals surface area contributed by atoms with Crippen LogP contribution in [0.25, 0.3) is 0 Å². The first-order valence-electron chi connectivity index (χ1n) is 4.32. The van der Waals surface area contributed by atoms with E-state index in [-0.39, 0.29) is 11.9 Å². The number of thiophene rings is 1. The molecule has 0 spiro atoms. The molecule has 5 heteroatoms. The van der Waals surface area contributed by atoms with Gasteiger partial charge in [0, 0.05) is 22.4 Å². The molecule has 1 heterocycles. The predicted octanol–water partition coefficient (Wildman–Crippen LogP) is 1.91. The van der Waals surface area contributed by atoms with Crippen molar-refractivity contribution >= 4 is 33.2 Å². The topological polar surface area (TPSA) is 41.1 Å². The van der Waals surface area contributed by atoms with Crippen molar-refractivity contribution in [2.45, 2.75) is 13.0 Å². The number of carbonyl (C=O) groups is 1. The monoisotopic (exact) mass is 276 g/mol. The molecule has 0 fully saturated rings. The molecule has 14 heavy (non-hydrogen) atoms. The minimum absolute atomic E-state index is 0.00419. The average molecular weight is 277 g/mol. The van der Waals surface area contributed by atoms with Crippen LogP contribution in [0.4, 0.5) is 0 Å². The van der Waals surface area contributed by atoms with Crippen molar-refractivity contribution in [1.29, 1.82) is 0 Å². The quantitative estimate of drug-likeness (QED) is 0.882. The van der Waals surface area contributed by atoms with Crippen molar-refractivity contribution in [2.24, 2.45) is 0 Å². The molecule has 3 nitrogen and oxygen atoms in total. The van der Waals surface area contributed by atoms with Crippen LogP contribution in [-0.4, -0.2) is 19.5 Å². The Morgan fingerprint density at radius 2 is 2.43 bits per heavy atom. The summed E-state index contributed by atoms with van der Waals surface area (Å²) in [5.41, 5.74) is 0. The van der Waals surface area contributed by atoms with E-state index in [4.69, 9.17) is 0 Å². The molecule has 0 saturated heterocycles. The third-order valence-electron chi connectivity index (χ3n) is 1.89. The van der Waals surface area contributed by atoms with Crippen LogP contribution >= 0.6 is 27.3 Å². The molecule has 1 aromatic rings. The van der Waals surface area contributed by atoms with Crippen molar-refractivity contribution in [3.63, 3.8) is 0 Å². The van der Waals surface area contributed by atoms with E-state index in [9.17, 15) is 4.79 Å². The molecule has 78 valence electrons. The summed E-state index contributed by atoms with van der Waals surface area (Å²) in [6.45, 7) is 2.39. The lowest BCUT2D eigenvalue weighted by molar-refractivity contribution is -0.119. The fourth-order valence-corrected chi connectivity index (χ4v) is 2.79. The zero-order valence-electron chi connectivity index (χ0n) is 8.13. The van der Waals surface area contributed by atoms with Gasteiger partial charge >= 0.3 is 0 Å². The largest absolute Gasteiger partial charge is 0.358 e. The highest BCUT2D eigenvalue weighted by Gasteiger charge is 2.10. The molecule has 0 radical (unpaired) electrons. The van der Waals surface area contributed by atoms with Gasteiger partial charge in [0.2, 0.25) is 5.91 Å². The van der Waals surface area contributed by atoms with Gasteiger partial charge in [-0.1, -0.05) is 0 Å². The maximum atomic E-state index is 11.0. The summed E-state index contributed by atoms with van der Waals surface area (Å²) in [6, 6.07) is 2.21. The van der Waals surface area contributed by atoms with E-state index in [1.807, 2.05) is 18.4 Å². The Hall–Kier alpha value is -0.390. The Morgan fingerprint density at radius 1 is 1.71 bits per heavy atom. The number of rotatable bonds is 4. The zero-order valence-corrected chi connectivity index (χ0v) is 10.5. The summed E-state index contributed by atoms with van der Waals surface area (Å²) in [4.78, 5) is 12.2. The van der Waals surface area contributed by atoms with Crippen LogP contribution < -0.4 is 10.6 Å². The van der Waals surface area contributed by atoms with E-state index in [2.05, 4.69) is 26.6 Å². The molecule has 1 rings (SSSR count). The van der Waals surface area contributed by atoms with Crippen molar-refractivity contribution < 1.29 is 4.79 Å². The smallest absolute Gasteiger partial charge is 0.233 e. The molecule has 0 saturated carbocycles. The summed E-state index contributed by atoms with van der Waals surface area (Å²) >= 11 is 5.14. The molecule has 0 bridgehead atoms. The van der Waals surface area contributed by atoms with Gasteiger partial charge in [0.25, 0.3) is 0 Å². The maximum absolute atomic E-state index is 11.0. The highest BCUT2D eigenvalue weighted by molar-refractivity contribution is 9.10. The second-order valence-corrected chi connectivity index (χ2v) is 4.71. The van der Waals surface area contributed by atoms with Gasteiger partial charge in [0.1, 0.15) is 0 Å². The van der Waals surface area contributed by atoms with Crippen molar-refractivity contribution in [3.8, 4) is 0 Å². The van der Waals surface area contributed by atoms with Crippen LogP contribution in [0, 0.1) is 0 Å². The highest BCUT2D eigenvalue weighted by Crippen LogP contribution is 2.28. The minimum Gasteiger partial charge on any atom is -0.358 e. The van der Waals surface area contributed by atoms with Gasteiger partial charge in [-0.3, -0.25) is 4.79 Å². The van der Waals surface area contributed by atoms with E-state index in [1.54, 1.807) is 18.4 Å². The normalized spacial score (nSPS) is 12.5. The standard InChI is InChI=1S/C9H13BrN2OS/c1-6(12-5-8(13)11-2)9-7(10)3-4-14-9/h3-4,6,12H,5H2,1-2H3,(H,11,13). The Balaban J connectivity index is 2.47. The molecular weight excluding hydrogens is 264 g/mol. The highest BCUT2D eigenvalue weighted by atomic mass is 79.9. The molecule has 0 aliphatic heterocycles. The Morgan fingerprint density at radius 3 is 2.93 bits per heavy atom. The van der Waals surface area contributed by atoms with Crippen molar-refractivity contribution in [1.82, 2.24) is 10.6 Å². The third-order valence-corrected chi connectivity index (χ3v) is 3.94. The number of hydrogen-bond acceptors (Lipinski definition) is 3. The summed E-state index contributed by atoms with van der Waals surface area (Å²) < 4.78 is 1.10. The van der Waals surface area contributed by atoms with Gasteiger partial charge in [0.15, 0.2) is 0 Å². The van der Waals surface area contributed by atoms with Crippen LogP contribution in [0.1, 0.15) is 17.8 Å². The van der Waals surface area contributed by atoms with Gasteiger partial charge in [-0.2, -0.15) is 0 Å². The van der Waals surface area contributed by atoms with Gasteiger partial charge in [-0.05, 0) is 34.3 Å². The SMILES string of the molecule is CNC(=O)CNC(C)c1sccc1Br. The Bertz CT molecular complexity index is 314. The lowest BCUT2D eigenvalue weighted by Crippen LogP contribution is -2.32. The van der Waals surface area contributed by atoms with Crippen molar-refractivity contribution in [2.75, 3.05) is 13.6 Å².